The minimum Gasteiger partial charge on any atom is -0.481 e. The molecule has 1 heterocycles. The molecule has 1 aliphatic carbocycles. The number of carbonyl (C=O) groups is 2. The highest BCUT2D eigenvalue weighted by atomic mass is 19.1. The van der Waals surface area contributed by atoms with E-state index in [0.29, 0.717) is 11.2 Å². The van der Waals surface area contributed by atoms with E-state index in [1.807, 2.05) is 0 Å². The molecule has 1 atom stereocenters. The summed E-state index contributed by atoms with van der Waals surface area (Å²) in [4.78, 5) is 28.4. The first-order valence-electron chi connectivity index (χ1n) is 7.69. The molecule has 2 N–H and O–H groups in total. The normalized spacial score (nSPS) is 15.6. The number of aromatic amines is 1. The molecule has 1 aliphatic rings. The second kappa shape index (κ2) is 5.68. The molecule has 0 saturated heterocycles. The van der Waals surface area contributed by atoms with Gasteiger partial charge in [0.15, 0.2) is 0 Å². The Morgan fingerprint density at radius 2 is 2.09 bits per heavy atom. The first kappa shape index (κ1) is 15.5. The number of aryl methyl sites for hydroxylation is 1. The van der Waals surface area contributed by atoms with Gasteiger partial charge in [-0.2, -0.15) is 0 Å². The topological polar surface area (TPSA) is 73.4 Å². The molecule has 0 aliphatic heterocycles. The molecule has 0 radical (unpaired) electrons. The van der Waals surface area contributed by atoms with Gasteiger partial charge < -0.3 is 15.0 Å². The summed E-state index contributed by atoms with van der Waals surface area (Å²) < 4.78 is 13.5. The van der Waals surface area contributed by atoms with Crippen LogP contribution in [0.25, 0.3) is 10.9 Å². The van der Waals surface area contributed by atoms with Crippen LogP contribution in [-0.4, -0.2) is 39.5 Å². The number of carboxylic acids is 1. The van der Waals surface area contributed by atoms with E-state index in [2.05, 4.69) is 4.98 Å². The third-order valence-corrected chi connectivity index (χ3v) is 4.28. The average molecular weight is 318 g/mol. The summed E-state index contributed by atoms with van der Waals surface area (Å²) in [6.07, 6.45) is 1.79. The van der Waals surface area contributed by atoms with Crippen molar-refractivity contribution in [3.8, 4) is 0 Å². The molecule has 1 aromatic carbocycles. The zero-order valence-electron chi connectivity index (χ0n) is 13.1. The largest absolute Gasteiger partial charge is 0.481 e. The van der Waals surface area contributed by atoms with Gasteiger partial charge in [-0.25, -0.2) is 4.39 Å². The maximum atomic E-state index is 13.5. The number of aliphatic carboxylic acids is 1. The van der Waals surface area contributed by atoms with Gasteiger partial charge in [-0.3, -0.25) is 9.59 Å². The van der Waals surface area contributed by atoms with E-state index in [1.54, 1.807) is 24.8 Å². The minimum absolute atomic E-state index is 0.105. The Morgan fingerprint density at radius 1 is 1.39 bits per heavy atom. The Labute approximate surface area is 133 Å². The lowest BCUT2D eigenvalue weighted by atomic mass is 10.1. The van der Waals surface area contributed by atoms with E-state index >= 15 is 0 Å². The quantitative estimate of drug-likeness (QED) is 0.890. The van der Waals surface area contributed by atoms with Gasteiger partial charge in [0.05, 0.1) is 5.92 Å². The molecule has 3 rings (SSSR count). The van der Waals surface area contributed by atoms with Gasteiger partial charge in [-0.1, -0.05) is 6.92 Å². The van der Waals surface area contributed by atoms with Crippen molar-refractivity contribution < 1.29 is 19.1 Å². The van der Waals surface area contributed by atoms with Crippen molar-refractivity contribution in [3.63, 3.8) is 0 Å². The zero-order chi connectivity index (χ0) is 16.7. The van der Waals surface area contributed by atoms with Gasteiger partial charge in [-0.05, 0) is 43.5 Å². The molecule has 1 saturated carbocycles. The van der Waals surface area contributed by atoms with Crippen LogP contribution in [0.4, 0.5) is 4.39 Å². The van der Waals surface area contributed by atoms with Crippen LogP contribution in [0.1, 0.15) is 35.8 Å². The van der Waals surface area contributed by atoms with Gasteiger partial charge >= 0.3 is 5.97 Å². The summed E-state index contributed by atoms with van der Waals surface area (Å²) in [5.41, 5.74) is 1.71. The number of hydrogen-bond donors (Lipinski definition) is 2. The number of carboxylic acid groups (broad SMARTS) is 1. The van der Waals surface area contributed by atoms with Gasteiger partial charge in [-0.15, -0.1) is 0 Å². The number of rotatable bonds is 5. The number of nitrogens with zero attached hydrogens (tertiary/aromatic N) is 1. The lowest BCUT2D eigenvalue weighted by Gasteiger charge is -2.23. The maximum absolute atomic E-state index is 13.5. The van der Waals surface area contributed by atoms with E-state index in [4.69, 9.17) is 5.11 Å². The summed E-state index contributed by atoms with van der Waals surface area (Å²) in [6, 6.07) is 4.61. The van der Waals surface area contributed by atoms with E-state index in [9.17, 15) is 14.0 Å². The molecule has 1 amide bonds. The summed E-state index contributed by atoms with van der Waals surface area (Å²) in [6.45, 7) is 3.57. The summed E-state index contributed by atoms with van der Waals surface area (Å²) >= 11 is 0. The highest BCUT2D eigenvalue weighted by Gasteiger charge is 2.35. The van der Waals surface area contributed by atoms with E-state index in [1.165, 1.54) is 12.1 Å². The number of hydrogen-bond acceptors (Lipinski definition) is 2. The molecule has 1 unspecified atom stereocenters. The Kier molecular flexibility index (Phi) is 3.83. The standard InChI is InChI=1S/C17H19FN2O3/c1-9-5-11(18)6-14-13(9)7-15(19-14)16(21)20(12-3-4-12)8-10(2)17(22)23/h5-7,10,12,19H,3-4,8H2,1-2H3,(H,22,23). The van der Waals surface area contributed by atoms with Gasteiger partial charge in [0, 0.05) is 23.5 Å². The van der Waals surface area contributed by atoms with Gasteiger partial charge in [0.1, 0.15) is 11.5 Å². The van der Waals surface area contributed by atoms with Gasteiger partial charge in [0.25, 0.3) is 5.91 Å². The summed E-state index contributed by atoms with van der Waals surface area (Å²) in [7, 11) is 0. The number of aromatic nitrogens is 1. The van der Waals surface area contributed by atoms with Crippen molar-refractivity contribution in [1.82, 2.24) is 9.88 Å². The Morgan fingerprint density at radius 3 is 2.70 bits per heavy atom. The molecular formula is C17H19FN2O3. The predicted octanol–water partition coefficient (Wildman–Crippen LogP) is 2.94. The first-order valence-corrected chi connectivity index (χ1v) is 7.69. The van der Waals surface area contributed by atoms with Crippen molar-refractivity contribution in [2.24, 2.45) is 5.92 Å². The SMILES string of the molecule is Cc1cc(F)cc2[nH]c(C(=O)N(CC(C)C(=O)O)C3CC3)cc12. The van der Waals surface area contributed by atoms with Crippen molar-refractivity contribution in [2.75, 3.05) is 6.54 Å². The highest BCUT2D eigenvalue weighted by molar-refractivity contribution is 5.99. The number of fused-ring (bicyclic) bond motifs is 1. The Balaban J connectivity index is 1.91. The molecule has 2 aromatic rings. The predicted molar refractivity (Wildman–Crippen MR) is 83.9 cm³/mol. The Bertz CT molecular complexity index is 779. The van der Waals surface area contributed by atoms with Crippen LogP contribution in [0, 0.1) is 18.7 Å². The number of carbonyl (C=O) groups excluding carboxylic acids is 1. The molecule has 1 fully saturated rings. The lowest BCUT2D eigenvalue weighted by molar-refractivity contribution is -0.141. The van der Waals surface area contributed by atoms with Crippen molar-refractivity contribution in [1.29, 1.82) is 0 Å². The fraction of sp³-hybridized carbons (Fsp3) is 0.412. The zero-order valence-corrected chi connectivity index (χ0v) is 13.1. The third kappa shape index (κ3) is 3.06. The molecule has 1 aromatic heterocycles. The summed E-state index contributed by atoms with van der Waals surface area (Å²) in [5, 5.41) is 9.88. The van der Waals surface area contributed by atoms with Crippen LogP contribution in [0.5, 0.6) is 0 Å². The van der Waals surface area contributed by atoms with E-state index < -0.39 is 11.9 Å². The average Bonchev–Trinajstić information content (AvgIpc) is 3.22. The third-order valence-electron chi connectivity index (χ3n) is 4.28. The smallest absolute Gasteiger partial charge is 0.308 e. The molecule has 122 valence electrons. The first-order chi connectivity index (χ1) is 10.9. The number of nitrogens with one attached hydrogen (secondary N) is 1. The van der Waals surface area contributed by atoms with Crippen LogP contribution in [0.15, 0.2) is 18.2 Å². The van der Waals surface area contributed by atoms with E-state index in [-0.39, 0.29) is 24.3 Å². The Hall–Kier alpha value is -2.37. The number of amides is 1. The number of H-pyrrole nitrogens is 1. The minimum atomic E-state index is -0.919. The fourth-order valence-corrected chi connectivity index (χ4v) is 2.80. The van der Waals surface area contributed by atoms with E-state index in [0.717, 1.165) is 23.8 Å². The van der Waals surface area contributed by atoms with Crippen molar-refractivity contribution >= 4 is 22.8 Å². The van der Waals surface area contributed by atoms with Crippen LogP contribution in [0.3, 0.4) is 0 Å². The molecular weight excluding hydrogens is 299 g/mol. The van der Waals surface area contributed by atoms with Gasteiger partial charge in [0.2, 0.25) is 0 Å². The summed E-state index contributed by atoms with van der Waals surface area (Å²) in [5.74, 6) is -2.12. The monoisotopic (exact) mass is 318 g/mol. The molecule has 6 heteroatoms. The number of halogens is 1. The highest BCUT2D eigenvalue weighted by Crippen LogP contribution is 2.30. The van der Waals surface area contributed by atoms with Crippen molar-refractivity contribution in [2.45, 2.75) is 32.7 Å². The molecule has 23 heavy (non-hydrogen) atoms. The van der Waals surface area contributed by atoms with Crippen LogP contribution in [-0.2, 0) is 4.79 Å². The lowest BCUT2D eigenvalue weighted by Crippen LogP contribution is -2.38. The maximum Gasteiger partial charge on any atom is 0.308 e. The molecule has 5 nitrogen and oxygen atoms in total. The molecule has 0 bridgehead atoms. The van der Waals surface area contributed by atoms with Crippen LogP contribution < -0.4 is 0 Å². The van der Waals surface area contributed by atoms with Crippen LogP contribution in [0.2, 0.25) is 0 Å². The van der Waals surface area contributed by atoms with Crippen molar-refractivity contribution in [3.05, 3.63) is 35.3 Å². The molecule has 0 spiro atoms. The second-order valence-corrected chi connectivity index (χ2v) is 6.29. The number of benzene rings is 1. The fourth-order valence-electron chi connectivity index (χ4n) is 2.80. The second-order valence-electron chi connectivity index (χ2n) is 6.29. The van der Waals surface area contributed by atoms with Crippen LogP contribution >= 0.6 is 0 Å².